The number of anilines is 1. The Bertz CT molecular complexity index is 500. The fourth-order valence-corrected chi connectivity index (χ4v) is 3.13. The number of hydrogen-bond donors (Lipinski definition) is 0. The number of rotatable bonds is 8. The van der Waals surface area contributed by atoms with Gasteiger partial charge < -0.3 is 4.90 Å². The molecule has 0 aliphatic carbocycles. The van der Waals surface area contributed by atoms with Crippen molar-refractivity contribution in [1.29, 1.82) is 0 Å². The van der Waals surface area contributed by atoms with Crippen molar-refractivity contribution in [3.63, 3.8) is 0 Å². The monoisotopic (exact) mass is 362 g/mol. The third-order valence-corrected chi connectivity index (χ3v) is 5.57. The van der Waals surface area contributed by atoms with Crippen molar-refractivity contribution in [2.24, 2.45) is 0 Å². The van der Waals surface area contributed by atoms with E-state index < -0.39 is 10.0 Å². The molecule has 1 aromatic carbocycles. The topological polar surface area (TPSA) is 40.6 Å². The second-order valence-electron chi connectivity index (χ2n) is 4.95. The lowest BCUT2D eigenvalue weighted by molar-refractivity contribution is 0.521. The maximum atomic E-state index is 12.0. The van der Waals surface area contributed by atoms with Crippen molar-refractivity contribution < 1.29 is 8.42 Å². The molecular formula is C14H23BrN2O2S. The average Bonchev–Trinajstić information content (AvgIpc) is 2.43. The summed E-state index contributed by atoms with van der Waals surface area (Å²) in [5.74, 6) is 0. The summed E-state index contributed by atoms with van der Waals surface area (Å²) in [7, 11) is 1.78. The van der Waals surface area contributed by atoms with Gasteiger partial charge in [-0.15, -0.1) is 0 Å². The van der Waals surface area contributed by atoms with Crippen LogP contribution in [-0.4, -0.2) is 45.7 Å². The second kappa shape index (κ2) is 8.00. The summed E-state index contributed by atoms with van der Waals surface area (Å²) in [5, 5.41) is 1.05. The highest BCUT2D eigenvalue weighted by molar-refractivity contribution is 9.09. The van der Waals surface area contributed by atoms with Crippen LogP contribution in [0.2, 0.25) is 0 Å². The van der Waals surface area contributed by atoms with Crippen LogP contribution in [0, 0.1) is 0 Å². The molecule has 0 aromatic heterocycles. The summed E-state index contributed by atoms with van der Waals surface area (Å²) in [4.78, 5) is 2.49. The molecule has 0 radical (unpaired) electrons. The molecule has 0 N–H and O–H groups in total. The summed E-state index contributed by atoms with van der Waals surface area (Å²) in [6, 6.07) is 7.06. The van der Waals surface area contributed by atoms with E-state index in [-0.39, 0.29) is 0 Å². The van der Waals surface area contributed by atoms with Gasteiger partial charge in [0, 0.05) is 38.7 Å². The quantitative estimate of drug-likeness (QED) is 0.527. The minimum absolute atomic E-state index is 0.332. The molecule has 0 saturated heterocycles. The minimum Gasteiger partial charge on any atom is -0.375 e. The Balaban J connectivity index is 2.67. The Morgan fingerprint density at radius 3 is 2.10 bits per heavy atom. The van der Waals surface area contributed by atoms with Gasteiger partial charge in [0.05, 0.1) is 4.90 Å². The lowest BCUT2D eigenvalue weighted by Crippen LogP contribution is -2.22. The van der Waals surface area contributed by atoms with Crippen molar-refractivity contribution in [3.8, 4) is 0 Å². The molecule has 0 amide bonds. The van der Waals surface area contributed by atoms with Crippen molar-refractivity contribution in [3.05, 3.63) is 24.3 Å². The van der Waals surface area contributed by atoms with E-state index in [1.165, 1.54) is 17.1 Å². The first-order chi connectivity index (χ1) is 9.39. The van der Waals surface area contributed by atoms with Gasteiger partial charge in [-0.25, -0.2) is 12.7 Å². The molecule has 0 atom stereocenters. The van der Waals surface area contributed by atoms with Gasteiger partial charge in [-0.05, 0) is 37.1 Å². The van der Waals surface area contributed by atoms with Crippen LogP contribution >= 0.6 is 15.9 Å². The second-order valence-corrected chi connectivity index (χ2v) is 7.90. The highest BCUT2D eigenvalue weighted by Gasteiger charge is 2.16. The molecule has 0 bridgehead atoms. The van der Waals surface area contributed by atoms with Crippen molar-refractivity contribution in [2.75, 3.05) is 37.9 Å². The molecule has 1 rings (SSSR count). The van der Waals surface area contributed by atoms with E-state index in [0.717, 1.165) is 24.0 Å². The van der Waals surface area contributed by atoms with Gasteiger partial charge in [-0.1, -0.05) is 22.4 Å². The third kappa shape index (κ3) is 4.75. The van der Waals surface area contributed by atoms with Gasteiger partial charge in [0.2, 0.25) is 10.0 Å². The van der Waals surface area contributed by atoms with Gasteiger partial charge in [0.15, 0.2) is 0 Å². The van der Waals surface area contributed by atoms with Gasteiger partial charge in [-0.2, -0.15) is 0 Å². The highest BCUT2D eigenvalue weighted by atomic mass is 79.9. The fraction of sp³-hybridized carbons (Fsp3) is 0.571. The Morgan fingerprint density at radius 2 is 1.60 bits per heavy atom. The Morgan fingerprint density at radius 1 is 1.00 bits per heavy atom. The maximum Gasteiger partial charge on any atom is 0.242 e. The van der Waals surface area contributed by atoms with E-state index in [1.54, 1.807) is 26.2 Å². The Labute approximate surface area is 130 Å². The van der Waals surface area contributed by atoms with Crippen LogP contribution in [0.1, 0.15) is 19.3 Å². The van der Waals surface area contributed by atoms with Crippen LogP contribution in [0.25, 0.3) is 0 Å². The number of halogens is 1. The molecule has 0 saturated carbocycles. The van der Waals surface area contributed by atoms with Gasteiger partial charge >= 0.3 is 0 Å². The highest BCUT2D eigenvalue weighted by Crippen LogP contribution is 2.19. The number of unbranched alkanes of at least 4 members (excludes halogenated alkanes) is 2. The molecule has 20 heavy (non-hydrogen) atoms. The lowest BCUT2D eigenvalue weighted by Gasteiger charge is -2.20. The largest absolute Gasteiger partial charge is 0.375 e. The number of benzene rings is 1. The fourth-order valence-electron chi connectivity index (χ4n) is 1.83. The SMILES string of the molecule is CN(CCCCCBr)c1ccc(S(=O)(=O)N(C)C)cc1. The molecule has 0 spiro atoms. The van der Waals surface area contributed by atoms with Gasteiger partial charge in [0.1, 0.15) is 0 Å². The van der Waals surface area contributed by atoms with Crippen LogP contribution in [0.3, 0.4) is 0 Å². The smallest absolute Gasteiger partial charge is 0.242 e. The maximum absolute atomic E-state index is 12.0. The van der Waals surface area contributed by atoms with E-state index >= 15 is 0 Å². The summed E-state index contributed by atoms with van der Waals surface area (Å²) in [6.45, 7) is 0.979. The molecule has 0 fully saturated rings. The molecule has 0 heterocycles. The first-order valence-electron chi connectivity index (χ1n) is 6.69. The zero-order chi connectivity index (χ0) is 15.2. The van der Waals surface area contributed by atoms with Crippen molar-refractivity contribution in [2.45, 2.75) is 24.2 Å². The van der Waals surface area contributed by atoms with Crippen LogP contribution in [0.15, 0.2) is 29.2 Å². The van der Waals surface area contributed by atoms with E-state index in [1.807, 2.05) is 19.2 Å². The Hall–Kier alpha value is -0.590. The molecule has 0 aliphatic heterocycles. The minimum atomic E-state index is -3.33. The standard InChI is InChI=1S/C14H23BrN2O2S/c1-16(2)20(18,19)14-9-7-13(8-10-14)17(3)12-6-4-5-11-15/h7-10H,4-6,11-12H2,1-3H3. The van der Waals surface area contributed by atoms with Crippen LogP contribution < -0.4 is 4.90 Å². The summed E-state index contributed by atoms with van der Waals surface area (Å²) in [6.07, 6.45) is 3.52. The number of alkyl halides is 1. The van der Waals surface area contributed by atoms with Gasteiger partial charge in [-0.3, -0.25) is 0 Å². The molecule has 1 aromatic rings. The summed E-state index contributed by atoms with van der Waals surface area (Å²) < 4.78 is 25.2. The van der Waals surface area contributed by atoms with E-state index in [0.29, 0.717) is 4.90 Å². The third-order valence-electron chi connectivity index (χ3n) is 3.18. The molecule has 0 aliphatic rings. The number of hydrogen-bond acceptors (Lipinski definition) is 3. The number of sulfonamides is 1. The zero-order valence-electron chi connectivity index (χ0n) is 12.3. The van der Waals surface area contributed by atoms with Crippen molar-refractivity contribution >= 4 is 31.6 Å². The lowest BCUT2D eigenvalue weighted by atomic mass is 10.2. The predicted octanol–water partition coefficient (Wildman–Crippen LogP) is 2.94. The van der Waals surface area contributed by atoms with Crippen LogP contribution in [0.5, 0.6) is 0 Å². The molecule has 0 unspecified atom stereocenters. The Kier molecular flexibility index (Phi) is 6.99. The van der Waals surface area contributed by atoms with Crippen LogP contribution in [-0.2, 0) is 10.0 Å². The van der Waals surface area contributed by atoms with E-state index in [2.05, 4.69) is 20.8 Å². The van der Waals surface area contributed by atoms with Gasteiger partial charge in [0.25, 0.3) is 0 Å². The first kappa shape index (κ1) is 17.5. The normalized spacial score (nSPS) is 11.8. The zero-order valence-corrected chi connectivity index (χ0v) is 14.7. The molecular weight excluding hydrogens is 340 g/mol. The van der Waals surface area contributed by atoms with Crippen LogP contribution in [0.4, 0.5) is 5.69 Å². The first-order valence-corrected chi connectivity index (χ1v) is 9.25. The predicted molar refractivity (Wildman–Crippen MR) is 88.2 cm³/mol. The van der Waals surface area contributed by atoms with E-state index in [9.17, 15) is 8.42 Å². The average molecular weight is 363 g/mol. The molecule has 114 valence electrons. The molecule has 4 nitrogen and oxygen atoms in total. The molecule has 6 heteroatoms. The number of nitrogens with zero attached hydrogens (tertiary/aromatic N) is 2. The summed E-state index contributed by atoms with van der Waals surface area (Å²) >= 11 is 3.43. The van der Waals surface area contributed by atoms with E-state index in [4.69, 9.17) is 0 Å². The summed E-state index contributed by atoms with van der Waals surface area (Å²) in [5.41, 5.74) is 1.04. The van der Waals surface area contributed by atoms with Crippen molar-refractivity contribution in [1.82, 2.24) is 4.31 Å².